The summed E-state index contributed by atoms with van der Waals surface area (Å²) in [5.74, 6) is -2.41. The van der Waals surface area contributed by atoms with E-state index >= 15 is 0 Å². The molecule has 1 aliphatic rings. The molecular weight excluding hydrogens is 336 g/mol. The van der Waals surface area contributed by atoms with Crippen molar-refractivity contribution in [2.24, 2.45) is 5.41 Å². The van der Waals surface area contributed by atoms with Crippen LogP contribution in [-0.4, -0.2) is 36.7 Å². The molecule has 0 radical (unpaired) electrons. The summed E-state index contributed by atoms with van der Waals surface area (Å²) in [6.07, 6.45) is 0.594. The number of amides is 1. The molecule has 1 aliphatic heterocycles. The van der Waals surface area contributed by atoms with Gasteiger partial charge in [0.1, 0.15) is 5.82 Å². The van der Waals surface area contributed by atoms with Gasteiger partial charge in [-0.15, -0.1) is 0 Å². The minimum absolute atomic E-state index is 0.000234. The number of rotatable bonds is 4. The number of benzene rings is 1. The lowest BCUT2D eigenvalue weighted by atomic mass is 9.80. The fourth-order valence-corrected chi connectivity index (χ4v) is 2.74. The fraction of sp³-hybridized carbons (Fsp3) is 0.429. The zero-order chi connectivity index (χ0) is 16.3. The second-order valence-corrected chi connectivity index (χ2v) is 5.94. The molecule has 2 rings (SSSR count). The van der Waals surface area contributed by atoms with Crippen LogP contribution in [0.5, 0.6) is 0 Å². The lowest BCUT2D eigenvalue weighted by Crippen LogP contribution is -2.46. The van der Waals surface area contributed by atoms with Crippen molar-refractivity contribution in [1.29, 1.82) is 0 Å². The van der Waals surface area contributed by atoms with Gasteiger partial charge in [-0.3, -0.25) is 9.59 Å². The molecule has 0 unspecified atom stereocenters. The third kappa shape index (κ3) is 3.51. The van der Waals surface area contributed by atoms with Gasteiger partial charge in [-0.25, -0.2) is 4.39 Å². The van der Waals surface area contributed by atoms with E-state index in [-0.39, 0.29) is 22.2 Å². The molecule has 0 aromatic heterocycles. The molecule has 2 N–H and O–H groups in total. The molecule has 8 heteroatoms. The summed E-state index contributed by atoms with van der Waals surface area (Å²) in [6.45, 7) is 0.558. The first kappa shape index (κ1) is 17.0. The molecule has 120 valence electrons. The average molecular weight is 350 g/mol. The van der Waals surface area contributed by atoms with Crippen LogP contribution in [-0.2, 0) is 9.53 Å². The van der Waals surface area contributed by atoms with Crippen LogP contribution >= 0.6 is 23.2 Å². The molecule has 0 bridgehead atoms. The first-order chi connectivity index (χ1) is 10.4. The summed E-state index contributed by atoms with van der Waals surface area (Å²) in [5, 5.41) is 11.7. The van der Waals surface area contributed by atoms with Crippen molar-refractivity contribution in [2.45, 2.75) is 12.8 Å². The molecule has 1 aromatic rings. The number of hydrogen-bond donors (Lipinski definition) is 2. The van der Waals surface area contributed by atoms with Crippen molar-refractivity contribution in [1.82, 2.24) is 5.32 Å². The van der Waals surface area contributed by atoms with Gasteiger partial charge in [0, 0.05) is 19.8 Å². The molecule has 22 heavy (non-hydrogen) atoms. The number of hydrogen-bond acceptors (Lipinski definition) is 3. The first-order valence-corrected chi connectivity index (χ1v) is 7.35. The third-order valence-corrected chi connectivity index (χ3v) is 4.35. The van der Waals surface area contributed by atoms with E-state index in [2.05, 4.69) is 5.32 Å². The third-order valence-electron chi connectivity index (χ3n) is 3.75. The standard InChI is InChI=1S/C14H14Cl2FNO4/c15-9-6-10(16)11(17)5-8(9)12(19)18-7-14(13(20)21)1-3-22-4-2-14/h5-6H,1-4,7H2,(H,18,19)(H,20,21). The molecule has 0 atom stereocenters. The second-order valence-electron chi connectivity index (χ2n) is 5.13. The Kier molecular flexibility index (Phi) is 5.26. The van der Waals surface area contributed by atoms with Gasteiger partial charge in [0.25, 0.3) is 5.91 Å². The van der Waals surface area contributed by atoms with Crippen molar-refractivity contribution < 1.29 is 23.8 Å². The van der Waals surface area contributed by atoms with E-state index in [0.717, 1.165) is 12.1 Å². The number of carboxylic acid groups (broad SMARTS) is 1. The quantitative estimate of drug-likeness (QED) is 0.819. The molecule has 0 spiro atoms. The number of ether oxygens (including phenoxy) is 1. The van der Waals surface area contributed by atoms with Crippen LogP contribution in [0.25, 0.3) is 0 Å². The molecule has 0 saturated carbocycles. The van der Waals surface area contributed by atoms with E-state index in [0.29, 0.717) is 26.1 Å². The maximum absolute atomic E-state index is 13.4. The van der Waals surface area contributed by atoms with Crippen molar-refractivity contribution in [3.8, 4) is 0 Å². The first-order valence-electron chi connectivity index (χ1n) is 6.60. The Balaban J connectivity index is 2.12. The molecular formula is C14H14Cl2FNO4. The summed E-state index contributed by atoms with van der Waals surface area (Å²) < 4.78 is 18.6. The normalized spacial score (nSPS) is 17.0. The number of aliphatic carboxylic acids is 1. The van der Waals surface area contributed by atoms with Gasteiger partial charge in [0.2, 0.25) is 0 Å². The molecule has 1 heterocycles. The Morgan fingerprint density at radius 2 is 1.91 bits per heavy atom. The largest absolute Gasteiger partial charge is 0.481 e. The van der Waals surface area contributed by atoms with Crippen LogP contribution in [0.4, 0.5) is 4.39 Å². The minimum Gasteiger partial charge on any atom is -0.481 e. The predicted molar refractivity (Wildman–Crippen MR) is 78.9 cm³/mol. The van der Waals surface area contributed by atoms with Gasteiger partial charge in [-0.2, -0.15) is 0 Å². The van der Waals surface area contributed by atoms with E-state index in [1.54, 1.807) is 0 Å². The van der Waals surface area contributed by atoms with Gasteiger partial charge in [-0.05, 0) is 25.0 Å². The highest BCUT2D eigenvalue weighted by Gasteiger charge is 2.40. The highest BCUT2D eigenvalue weighted by Crippen LogP contribution is 2.30. The van der Waals surface area contributed by atoms with Crippen LogP contribution in [0.1, 0.15) is 23.2 Å². The van der Waals surface area contributed by atoms with Crippen LogP contribution < -0.4 is 5.32 Å². The lowest BCUT2D eigenvalue weighted by molar-refractivity contribution is -0.154. The summed E-state index contributed by atoms with van der Waals surface area (Å²) in [7, 11) is 0. The van der Waals surface area contributed by atoms with Crippen molar-refractivity contribution in [3.63, 3.8) is 0 Å². The Hall–Kier alpha value is -1.37. The number of halogens is 3. The molecule has 1 fully saturated rings. The maximum atomic E-state index is 13.4. The van der Waals surface area contributed by atoms with Gasteiger partial charge in [-0.1, -0.05) is 23.2 Å². The SMILES string of the molecule is O=C(NCC1(C(=O)O)CCOCC1)c1cc(F)c(Cl)cc1Cl. The Morgan fingerprint density at radius 1 is 1.27 bits per heavy atom. The summed E-state index contributed by atoms with van der Waals surface area (Å²) in [6, 6.07) is 2.06. The zero-order valence-electron chi connectivity index (χ0n) is 11.5. The van der Waals surface area contributed by atoms with E-state index in [9.17, 15) is 19.1 Å². The highest BCUT2D eigenvalue weighted by molar-refractivity contribution is 6.36. The van der Waals surface area contributed by atoms with Crippen molar-refractivity contribution >= 4 is 35.1 Å². The molecule has 1 amide bonds. The van der Waals surface area contributed by atoms with Gasteiger partial charge < -0.3 is 15.2 Å². The van der Waals surface area contributed by atoms with Crippen molar-refractivity contribution in [3.05, 3.63) is 33.6 Å². The fourth-order valence-electron chi connectivity index (χ4n) is 2.27. The number of carbonyl (C=O) groups excluding carboxylic acids is 1. The maximum Gasteiger partial charge on any atom is 0.311 e. The van der Waals surface area contributed by atoms with Gasteiger partial charge in [0.05, 0.1) is 21.0 Å². The summed E-state index contributed by atoms with van der Waals surface area (Å²) in [5.41, 5.74) is -1.16. The van der Waals surface area contributed by atoms with Gasteiger partial charge >= 0.3 is 5.97 Å². The Bertz CT molecular complexity index is 603. The van der Waals surface area contributed by atoms with Crippen LogP contribution in [0.15, 0.2) is 12.1 Å². The van der Waals surface area contributed by atoms with Crippen LogP contribution in [0.2, 0.25) is 10.0 Å². The van der Waals surface area contributed by atoms with Crippen molar-refractivity contribution in [2.75, 3.05) is 19.8 Å². The van der Waals surface area contributed by atoms with E-state index in [1.807, 2.05) is 0 Å². The zero-order valence-corrected chi connectivity index (χ0v) is 13.0. The monoisotopic (exact) mass is 349 g/mol. The number of nitrogens with one attached hydrogen (secondary N) is 1. The molecule has 1 aromatic carbocycles. The summed E-state index contributed by atoms with van der Waals surface area (Å²) in [4.78, 5) is 23.6. The summed E-state index contributed by atoms with van der Waals surface area (Å²) >= 11 is 11.4. The van der Waals surface area contributed by atoms with E-state index in [4.69, 9.17) is 27.9 Å². The Labute approximate surface area is 136 Å². The average Bonchev–Trinajstić information content (AvgIpc) is 2.49. The Morgan fingerprint density at radius 3 is 2.50 bits per heavy atom. The van der Waals surface area contributed by atoms with Crippen LogP contribution in [0.3, 0.4) is 0 Å². The lowest BCUT2D eigenvalue weighted by Gasteiger charge is -2.33. The smallest absolute Gasteiger partial charge is 0.311 e. The van der Waals surface area contributed by atoms with E-state index < -0.39 is 23.1 Å². The van der Waals surface area contributed by atoms with Crippen LogP contribution in [0, 0.1) is 11.2 Å². The second kappa shape index (κ2) is 6.81. The van der Waals surface area contributed by atoms with E-state index in [1.165, 1.54) is 0 Å². The topological polar surface area (TPSA) is 75.6 Å². The molecule has 1 saturated heterocycles. The number of carbonyl (C=O) groups is 2. The molecule has 0 aliphatic carbocycles. The molecule has 5 nitrogen and oxygen atoms in total. The number of carboxylic acids is 1. The predicted octanol–water partition coefficient (Wildman–Crippen LogP) is 2.74. The minimum atomic E-state index is -1.08. The highest BCUT2D eigenvalue weighted by atomic mass is 35.5. The van der Waals surface area contributed by atoms with Gasteiger partial charge in [0.15, 0.2) is 0 Å².